The summed E-state index contributed by atoms with van der Waals surface area (Å²) in [6.45, 7) is 10.1. The van der Waals surface area contributed by atoms with Gasteiger partial charge in [0.25, 0.3) is 0 Å². The number of hydrogen-bond acceptors (Lipinski definition) is 4. The number of rotatable bonds is 12. The van der Waals surface area contributed by atoms with Crippen LogP contribution >= 0.6 is 0 Å². The van der Waals surface area contributed by atoms with Crippen molar-refractivity contribution in [3.63, 3.8) is 0 Å². The van der Waals surface area contributed by atoms with Crippen LogP contribution in [0.25, 0.3) is 0 Å². The van der Waals surface area contributed by atoms with E-state index in [9.17, 15) is 4.79 Å². The fourth-order valence-electron chi connectivity index (χ4n) is 1.32. The summed E-state index contributed by atoms with van der Waals surface area (Å²) in [5, 5.41) is 6.06. The van der Waals surface area contributed by atoms with Crippen LogP contribution in [-0.4, -0.2) is 51.5 Å². The van der Waals surface area contributed by atoms with Gasteiger partial charge in [-0.2, -0.15) is 0 Å². The standard InChI is InChI=1S/C13H28N2O3.2H2/c1-4-5-13(16)15-7-9-18-11-10-17-8-6-14-12(2)3;;/h12,14H,4-11H2,1-3H3,(H,15,16);2*1H. The van der Waals surface area contributed by atoms with E-state index in [1.807, 2.05) is 6.92 Å². The minimum atomic E-state index is 0. The van der Waals surface area contributed by atoms with Crippen LogP contribution in [0.5, 0.6) is 0 Å². The first kappa shape index (κ1) is 17.4. The second-order valence-corrected chi connectivity index (χ2v) is 4.43. The number of nitrogens with one attached hydrogen (secondary N) is 2. The topological polar surface area (TPSA) is 59.6 Å². The third kappa shape index (κ3) is 13.4. The summed E-state index contributed by atoms with van der Waals surface area (Å²) >= 11 is 0. The first-order valence-electron chi connectivity index (χ1n) is 6.82. The fraction of sp³-hybridized carbons (Fsp3) is 0.923. The maximum Gasteiger partial charge on any atom is 0.220 e. The molecule has 0 saturated heterocycles. The molecule has 0 aliphatic carbocycles. The predicted octanol–water partition coefficient (Wildman–Crippen LogP) is 1.43. The van der Waals surface area contributed by atoms with Crippen LogP contribution < -0.4 is 10.6 Å². The average molecular weight is 264 g/mol. The van der Waals surface area contributed by atoms with E-state index in [1.54, 1.807) is 0 Å². The molecule has 0 aromatic heterocycles. The number of carbonyl (C=O) groups excluding carboxylic acids is 1. The molecule has 0 unspecified atom stereocenters. The van der Waals surface area contributed by atoms with Gasteiger partial charge >= 0.3 is 0 Å². The van der Waals surface area contributed by atoms with Crippen LogP contribution in [0.15, 0.2) is 0 Å². The van der Waals surface area contributed by atoms with E-state index in [4.69, 9.17) is 9.47 Å². The largest absolute Gasteiger partial charge is 0.378 e. The van der Waals surface area contributed by atoms with Crippen molar-refractivity contribution in [1.29, 1.82) is 0 Å². The summed E-state index contributed by atoms with van der Waals surface area (Å²) in [6, 6.07) is 0.497. The lowest BCUT2D eigenvalue weighted by molar-refractivity contribution is -0.121. The van der Waals surface area contributed by atoms with Gasteiger partial charge in [0.05, 0.1) is 26.4 Å². The summed E-state index contributed by atoms with van der Waals surface area (Å²) in [4.78, 5) is 11.1. The minimum Gasteiger partial charge on any atom is -0.378 e. The molecule has 0 spiro atoms. The van der Waals surface area contributed by atoms with E-state index >= 15 is 0 Å². The van der Waals surface area contributed by atoms with Crippen molar-refractivity contribution in [2.24, 2.45) is 0 Å². The van der Waals surface area contributed by atoms with Crippen LogP contribution in [0.1, 0.15) is 36.5 Å². The molecule has 112 valence electrons. The molecule has 0 fully saturated rings. The van der Waals surface area contributed by atoms with Gasteiger partial charge in [0.1, 0.15) is 0 Å². The molecule has 0 heterocycles. The van der Waals surface area contributed by atoms with Crippen molar-refractivity contribution in [1.82, 2.24) is 10.6 Å². The predicted molar refractivity (Wildman–Crippen MR) is 76.9 cm³/mol. The highest BCUT2D eigenvalue weighted by atomic mass is 16.5. The Bertz CT molecular complexity index is 208. The van der Waals surface area contributed by atoms with E-state index < -0.39 is 0 Å². The molecule has 0 rings (SSSR count). The van der Waals surface area contributed by atoms with Crippen LogP contribution in [0.2, 0.25) is 0 Å². The van der Waals surface area contributed by atoms with Gasteiger partial charge in [-0.05, 0) is 6.42 Å². The SMILES string of the molecule is CCCC(=O)NCCOCCOCCNC(C)C.[HH].[HH]. The Kier molecular flexibility index (Phi) is 12.3. The lowest BCUT2D eigenvalue weighted by Crippen LogP contribution is -2.28. The summed E-state index contributed by atoms with van der Waals surface area (Å²) in [6.07, 6.45) is 1.47. The van der Waals surface area contributed by atoms with Crippen molar-refractivity contribution < 1.29 is 17.1 Å². The Morgan fingerprint density at radius 1 is 1.11 bits per heavy atom. The van der Waals surface area contributed by atoms with Gasteiger partial charge in [0, 0.05) is 28.4 Å². The Hall–Kier alpha value is -0.650. The number of amides is 1. The first-order valence-corrected chi connectivity index (χ1v) is 6.82. The highest BCUT2D eigenvalue weighted by Crippen LogP contribution is 1.85. The lowest BCUT2D eigenvalue weighted by atomic mass is 10.3. The van der Waals surface area contributed by atoms with Crippen LogP contribution in [-0.2, 0) is 14.3 Å². The highest BCUT2D eigenvalue weighted by Gasteiger charge is 1.97. The van der Waals surface area contributed by atoms with Gasteiger partial charge in [0.2, 0.25) is 5.91 Å². The molecule has 0 radical (unpaired) electrons. The Morgan fingerprint density at radius 3 is 2.28 bits per heavy atom. The van der Waals surface area contributed by atoms with Gasteiger partial charge in [-0.15, -0.1) is 0 Å². The lowest BCUT2D eigenvalue weighted by Gasteiger charge is -2.09. The monoisotopic (exact) mass is 264 g/mol. The molecule has 1 amide bonds. The molecule has 0 atom stereocenters. The van der Waals surface area contributed by atoms with Crippen LogP contribution in [0.4, 0.5) is 0 Å². The molecule has 2 N–H and O–H groups in total. The molecule has 0 bridgehead atoms. The quantitative estimate of drug-likeness (QED) is 0.524. The summed E-state index contributed by atoms with van der Waals surface area (Å²) in [5.41, 5.74) is 0. The van der Waals surface area contributed by atoms with Crippen molar-refractivity contribution >= 4 is 5.91 Å². The van der Waals surface area contributed by atoms with Gasteiger partial charge in [-0.1, -0.05) is 20.8 Å². The van der Waals surface area contributed by atoms with Crippen molar-refractivity contribution in [2.75, 3.05) is 39.5 Å². The van der Waals surface area contributed by atoms with Crippen molar-refractivity contribution in [3.8, 4) is 0 Å². The zero-order valence-corrected chi connectivity index (χ0v) is 12.0. The molecule has 5 nitrogen and oxygen atoms in total. The highest BCUT2D eigenvalue weighted by molar-refractivity contribution is 5.75. The summed E-state index contributed by atoms with van der Waals surface area (Å²) in [5.74, 6) is 0.0945. The van der Waals surface area contributed by atoms with E-state index in [-0.39, 0.29) is 8.76 Å². The second kappa shape index (κ2) is 12.8. The second-order valence-electron chi connectivity index (χ2n) is 4.43. The molecule has 0 aromatic carbocycles. The molecular formula is C13H32N2O3. The normalized spacial score (nSPS) is 10.9. The third-order valence-corrected chi connectivity index (χ3v) is 2.22. The zero-order valence-electron chi connectivity index (χ0n) is 12.0. The first-order chi connectivity index (χ1) is 8.66. The fourth-order valence-corrected chi connectivity index (χ4v) is 1.32. The maximum atomic E-state index is 11.1. The molecule has 0 aromatic rings. The minimum absolute atomic E-state index is 0. The average Bonchev–Trinajstić information content (AvgIpc) is 2.31. The van der Waals surface area contributed by atoms with Crippen molar-refractivity contribution in [3.05, 3.63) is 0 Å². The van der Waals surface area contributed by atoms with Gasteiger partial charge in [-0.25, -0.2) is 0 Å². The smallest absolute Gasteiger partial charge is 0.220 e. The zero-order chi connectivity index (χ0) is 13.6. The summed E-state index contributed by atoms with van der Waals surface area (Å²) in [7, 11) is 0. The molecule has 0 aliphatic heterocycles. The summed E-state index contributed by atoms with van der Waals surface area (Å²) < 4.78 is 10.7. The number of hydrogen-bond donors (Lipinski definition) is 2. The van der Waals surface area contributed by atoms with Gasteiger partial charge in [-0.3, -0.25) is 4.79 Å². The Balaban J connectivity index is -0.00000144. The molecule has 5 heteroatoms. The Labute approximate surface area is 114 Å². The third-order valence-electron chi connectivity index (χ3n) is 2.22. The van der Waals surface area contributed by atoms with E-state index in [1.165, 1.54) is 0 Å². The van der Waals surface area contributed by atoms with Crippen LogP contribution in [0, 0.1) is 0 Å². The molecule has 0 saturated carbocycles. The maximum absolute atomic E-state index is 11.1. The van der Waals surface area contributed by atoms with Crippen molar-refractivity contribution in [2.45, 2.75) is 39.7 Å². The van der Waals surface area contributed by atoms with E-state index in [0.717, 1.165) is 13.0 Å². The molecule has 0 aliphatic rings. The Morgan fingerprint density at radius 2 is 1.72 bits per heavy atom. The van der Waals surface area contributed by atoms with Gasteiger partial charge < -0.3 is 20.1 Å². The molecule has 18 heavy (non-hydrogen) atoms. The number of carbonyl (C=O) groups is 1. The van der Waals surface area contributed by atoms with E-state index in [0.29, 0.717) is 45.4 Å². The molecular weight excluding hydrogens is 232 g/mol. The van der Waals surface area contributed by atoms with E-state index in [2.05, 4.69) is 24.5 Å². The number of ether oxygens (including phenoxy) is 2. The van der Waals surface area contributed by atoms with Gasteiger partial charge in [0.15, 0.2) is 0 Å². The van der Waals surface area contributed by atoms with Crippen LogP contribution in [0.3, 0.4) is 0 Å².